The van der Waals surface area contributed by atoms with Gasteiger partial charge in [-0.2, -0.15) is 0 Å². The fourth-order valence-corrected chi connectivity index (χ4v) is 3.74. The van der Waals surface area contributed by atoms with Gasteiger partial charge in [-0.1, -0.05) is 24.3 Å². The van der Waals surface area contributed by atoms with Gasteiger partial charge in [-0.05, 0) is 36.2 Å². The maximum absolute atomic E-state index is 12.4. The zero-order chi connectivity index (χ0) is 15.6. The molecule has 0 saturated carbocycles. The molecule has 0 fully saturated rings. The second-order valence-electron chi connectivity index (χ2n) is 4.80. The molecule has 2 aromatic rings. The zero-order valence-corrected chi connectivity index (χ0v) is 12.4. The maximum atomic E-state index is 12.4. The van der Waals surface area contributed by atoms with Gasteiger partial charge in [0.1, 0.15) is 0 Å². The molecule has 2 rings (SSSR count). The Morgan fingerprint density at radius 2 is 1.81 bits per heavy atom. The number of anilines is 1. The fourth-order valence-electron chi connectivity index (χ4n) is 2.07. The van der Waals surface area contributed by atoms with Crippen molar-refractivity contribution in [3.8, 4) is 0 Å². The van der Waals surface area contributed by atoms with E-state index >= 15 is 0 Å². The third-order valence-corrected chi connectivity index (χ3v) is 5.02. The first kappa shape index (κ1) is 15.1. The van der Waals surface area contributed by atoms with Gasteiger partial charge >= 0.3 is 0 Å². The minimum absolute atomic E-state index is 0.220. The topological polar surface area (TPSA) is 103 Å². The number of sulfone groups is 1. The molecule has 2 aromatic carbocycles. The van der Waals surface area contributed by atoms with Gasteiger partial charge < -0.3 is 11.5 Å². The number of benzene rings is 2. The molecule has 4 N–H and O–H groups in total. The second kappa shape index (κ2) is 5.57. The van der Waals surface area contributed by atoms with Crippen LogP contribution in [0.25, 0.3) is 0 Å². The number of hydrogen-bond acceptors (Lipinski definition) is 4. The quantitative estimate of drug-likeness (QED) is 0.838. The van der Waals surface area contributed by atoms with Crippen LogP contribution in [-0.2, 0) is 15.6 Å². The van der Waals surface area contributed by atoms with Gasteiger partial charge in [-0.3, -0.25) is 4.79 Å². The molecule has 0 saturated heterocycles. The van der Waals surface area contributed by atoms with E-state index < -0.39 is 15.7 Å². The molecule has 0 spiro atoms. The van der Waals surface area contributed by atoms with Crippen LogP contribution >= 0.6 is 0 Å². The largest absolute Gasteiger partial charge is 0.398 e. The van der Waals surface area contributed by atoms with Gasteiger partial charge in [-0.25, -0.2) is 8.42 Å². The highest BCUT2D eigenvalue weighted by molar-refractivity contribution is 7.90. The molecule has 1 amide bonds. The van der Waals surface area contributed by atoms with Crippen LogP contribution in [0.15, 0.2) is 47.4 Å². The lowest BCUT2D eigenvalue weighted by Gasteiger charge is -2.10. The summed E-state index contributed by atoms with van der Waals surface area (Å²) < 4.78 is 24.9. The van der Waals surface area contributed by atoms with E-state index in [1.165, 1.54) is 18.2 Å². The van der Waals surface area contributed by atoms with E-state index in [1.54, 1.807) is 31.2 Å². The van der Waals surface area contributed by atoms with Crippen molar-refractivity contribution in [1.82, 2.24) is 0 Å². The number of carbonyl (C=O) groups excluding carboxylic acids is 1. The molecule has 0 aliphatic heterocycles. The Morgan fingerprint density at radius 1 is 1.14 bits per heavy atom. The number of rotatable bonds is 4. The molecule has 0 heterocycles. The lowest BCUT2D eigenvalue weighted by Crippen LogP contribution is -2.13. The fraction of sp³-hybridized carbons (Fsp3) is 0.133. The molecular formula is C15H16N2O3S. The smallest absolute Gasteiger partial charge is 0.248 e. The average molecular weight is 304 g/mol. The third-order valence-electron chi connectivity index (χ3n) is 3.20. The molecule has 0 aromatic heterocycles. The van der Waals surface area contributed by atoms with Crippen molar-refractivity contribution in [2.75, 3.05) is 5.73 Å². The van der Waals surface area contributed by atoms with Crippen molar-refractivity contribution in [3.05, 3.63) is 59.2 Å². The summed E-state index contributed by atoms with van der Waals surface area (Å²) in [5.74, 6) is -0.821. The van der Waals surface area contributed by atoms with Gasteiger partial charge in [0.25, 0.3) is 0 Å². The minimum atomic E-state index is -3.50. The normalized spacial score (nSPS) is 11.3. The molecule has 6 heteroatoms. The SMILES string of the molecule is Cc1ccccc1S(=O)(=O)Cc1ccc(C(N)=O)cc1N. The van der Waals surface area contributed by atoms with Crippen LogP contribution in [0.4, 0.5) is 5.69 Å². The van der Waals surface area contributed by atoms with E-state index in [1.807, 2.05) is 0 Å². The highest BCUT2D eigenvalue weighted by Gasteiger charge is 2.19. The Morgan fingerprint density at radius 3 is 2.38 bits per heavy atom. The Hall–Kier alpha value is -2.34. The van der Waals surface area contributed by atoms with Crippen LogP contribution in [0.3, 0.4) is 0 Å². The molecule has 0 aliphatic carbocycles. The Kier molecular flexibility index (Phi) is 3.99. The number of aryl methyl sites for hydroxylation is 1. The van der Waals surface area contributed by atoms with Crippen LogP contribution in [0.1, 0.15) is 21.5 Å². The van der Waals surface area contributed by atoms with Crippen molar-refractivity contribution in [3.63, 3.8) is 0 Å². The number of hydrogen-bond donors (Lipinski definition) is 2. The Labute approximate surface area is 123 Å². The van der Waals surface area contributed by atoms with Crippen molar-refractivity contribution < 1.29 is 13.2 Å². The van der Waals surface area contributed by atoms with Crippen LogP contribution < -0.4 is 11.5 Å². The standard InChI is InChI=1S/C15H16N2O3S/c1-10-4-2-3-5-14(10)21(19,20)9-12-7-6-11(15(17)18)8-13(12)16/h2-8H,9,16H2,1H3,(H2,17,18). The second-order valence-corrected chi connectivity index (χ2v) is 6.76. The average Bonchev–Trinajstić information content (AvgIpc) is 2.41. The van der Waals surface area contributed by atoms with Gasteiger partial charge in [0.2, 0.25) is 5.91 Å². The monoisotopic (exact) mass is 304 g/mol. The first-order valence-electron chi connectivity index (χ1n) is 6.28. The summed E-state index contributed by atoms with van der Waals surface area (Å²) in [6.07, 6.45) is 0. The van der Waals surface area contributed by atoms with Crippen LogP contribution in [-0.4, -0.2) is 14.3 Å². The van der Waals surface area contributed by atoms with E-state index in [-0.39, 0.29) is 21.9 Å². The molecule has 0 atom stereocenters. The summed E-state index contributed by atoms with van der Waals surface area (Å²) in [7, 11) is -3.50. The highest BCUT2D eigenvalue weighted by Crippen LogP contribution is 2.23. The number of primary amides is 1. The summed E-state index contributed by atoms with van der Waals surface area (Å²) in [4.78, 5) is 11.3. The maximum Gasteiger partial charge on any atom is 0.248 e. The van der Waals surface area contributed by atoms with Crippen LogP contribution in [0, 0.1) is 6.92 Å². The number of amides is 1. The predicted octanol–water partition coefficient (Wildman–Crippen LogP) is 1.65. The van der Waals surface area contributed by atoms with Crippen molar-refractivity contribution in [1.29, 1.82) is 0 Å². The van der Waals surface area contributed by atoms with Gasteiger partial charge in [0, 0.05) is 11.3 Å². The molecule has 21 heavy (non-hydrogen) atoms. The first-order chi connectivity index (χ1) is 9.81. The lowest BCUT2D eigenvalue weighted by molar-refractivity contribution is 0.100. The molecule has 0 unspecified atom stereocenters. The van der Waals surface area contributed by atoms with Gasteiger partial charge in [0.05, 0.1) is 10.6 Å². The molecular weight excluding hydrogens is 288 g/mol. The highest BCUT2D eigenvalue weighted by atomic mass is 32.2. The lowest BCUT2D eigenvalue weighted by atomic mass is 10.1. The first-order valence-corrected chi connectivity index (χ1v) is 7.93. The molecule has 110 valence electrons. The van der Waals surface area contributed by atoms with Crippen molar-refractivity contribution in [2.45, 2.75) is 17.6 Å². The third kappa shape index (κ3) is 3.22. The van der Waals surface area contributed by atoms with E-state index in [2.05, 4.69) is 0 Å². The van der Waals surface area contributed by atoms with E-state index in [4.69, 9.17) is 11.5 Å². The summed E-state index contributed by atoms with van der Waals surface area (Å²) in [5.41, 5.74) is 12.6. The van der Waals surface area contributed by atoms with Gasteiger partial charge in [0.15, 0.2) is 9.84 Å². The summed E-state index contributed by atoms with van der Waals surface area (Å²) in [6, 6.07) is 11.2. The van der Waals surface area contributed by atoms with E-state index in [9.17, 15) is 13.2 Å². The van der Waals surface area contributed by atoms with Crippen LogP contribution in [0.5, 0.6) is 0 Å². The van der Waals surface area contributed by atoms with Gasteiger partial charge in [-0.15, -0.1) is 0 Å². The Balaban J connectivity index is 2.38. The zero-order valence-electron chi connectivity index (χ0n) is 11.5. The van der Waals surface area contributed by atoms with Crippen molar-refractivity contribution >= 4 is 21.4 Å². The summed E-state index contributed by atoms with van der Waals surface area (Å²) in [5, 5.41) is 0. The number of carbonyl (C=O) groups is 1. The van der Waals surface area contributed by atoms with Crippen molar-refractivity contribution in [2.24, 2.45) is 5.73 Å². The predicted molar refractivity (Wildman–Crippen MR) is 81.4 cm³/mol. The minimum Gasteiger partial charge on any atom is -0.398 e. The molecule has 0 aliphatic rings. The summed E-state index contributed by atoms with van der Waals surface area (Å²) >= 11 is 0. The molecule has 5 nitrogen and oxygen atoms in total. The van der Waals surface area contributed by atoms with E-state index in [0.717, 1.165) is 0 Å². The Bertz CT molecular complexity index is 798. The molecule has 0 bridgehead atoms. The number of nitrogens with two attached hydrogens (primary N) is 2. The molecule has 0 radical (unpaired) electrons. The van der Waals surface area contributed by atoms with Crippen LogP contribution in [0.2, 0.25) is 0 Å². The van der Waals surface area contributed by atoms with E-state index in [0.29, 0.717) is 11.1 Å². The summed E-state index contributed by atoms with van der Waals surface area (Å²) in [6.45, 7) is 1.74. The number of nitrogen functional groups attached to an aromatic ring is 1.